The van der Waals surface area contributed by atoms with Gasteiger partial charge in [-0.05, 0) is 36.8 Å². The second kappa shape index (κ2) is 8.84. The number of thiazole rings is 1. The Morgan fingerprint density at radius 3 is 2.46 bits per heavy atom. The normalized spacial score (nSPS) is 15.7. The average Bonchev–Trinajstić information content (AvgIpc) is 3.37. The van der Waals surface area contributed by atoms with Crippen LogP contribution in [0.15, 0.2) is 84.4 Å². The maximum Gasteiger partial charge on any atom is 0.294 e. The molecule has 1 aliphatic heterocycles. The molecule has 5 rings (SSSR count). The molecule has 0 radical (unpaired) electrons. The van der Waals surface area contributed by atoms with Crippen molar-refractivity contribution in [3.63, 3.8) is 0 Å². The second-order valence-electron chi connectivity index (χ2n) is 7.84. The van der Waals surface area contributed by atoms with E-state index in [1.807, 2.05) is 30.3 Å². The molecule has 1 atom stereocenters. The maximum absolute atomic E-state index is 14.8. The third-order valence-corrected chi connectivity index (χ3v) is 6.87. The fourth-order valence-corrected chi connectivity index (χ4v) is 5.08. The van der Waals surface area contributed by atoms with Gasteiger partial charge in [-0.3, -0.25) is 19.5 Å². The molecule has 0 spiro atoms. The average molecular weight is 490 g/mol. The van der Waals surface area contributed by atoms with Crippen molar-refractivity contribution in [3.05, 3.63) is 112 Å². The molecule has 9 heteroatoms. The van der Waals surface area contributed by atoms with E-state index in [4.69, 9.17) is 0 Å². The standard InChI is InChI=1S/C26H17F2N3O3S/c1-14-24(35-25(30-14)16-5-3-2-4-6-16)22(32)20-21(15-9-11-29-12-10-15)31(26(34)23(20)33)19-8-7-17(27)13-18(19)28/h2-13,21,33H,1H3. The van der Waals surface area contributed by atoms with Gasteiger partial charge in [-0.15, -0.1) is 11.3 Å². The highest BCUT2D eigenvalue weighted by atomic mass is 32.1. The predicted octanol–water partition coefficient (Wildman–Crippen LogP) is 5.57. The van der Waals surface area contributed by atoms with Crippen molar-refractivity contribution in [2.75, 3.05) is 4.90 Å². The molecule has 0 bridgehead atoms. The molecule has 35 heavy (non-hydrogen) atoms. The van der Waals surface area contributed by atoms with Crippen molar-refractivity contribution in [1.29, 1.82) is 0 Å². The minimum absolute atomic E-state index is 0.212. The van der Waals surface area contributed by atoms with Crippen molar-refractivity contribution in [3.8, 4) is 10.6 Å². The number of pyridine rings is 1. The molecule has 0 saturated carbocycles. The van der Waals surface area contributed by atoms with Crippen LogP contribution in [0.25, 0.3) is 10.6 Å². The van der Waals surface area contributed by atoms with Crippen LogP contribution in [0.4, 0.5) is 14.5 Å². The van der Waals surface area contributed by atoms with Crippen molar-refractivity contribution in [1.82, 2.24) is 9.97 Å². The van der Waals surface area contributed by atoms with E-state index in [9.17, 15) is 23.5 Å². The molecule has 2 aromatic carbocycles. The molecule has 1 amide bonds. The Kier molecular flexibility index (Phi) is 5.70. The zero-order chi connectivity index (χ0) is 24.7. The lowest BCUT2D eigenvalue weighted by molar-refractivity contribution is -0.117. The van der Waals surface area contributed by atoms with Crippen LogP contribution in [0.1, 0.15) is 27.0 Å². The largest absolute Gasteiger partial charge is 0.503 e. The molecule has 6 nitrogen and oxygen atoms in total. The van der Waals surface area contributed by atoms with Crippen LogP contribution >= 0.6 is 11.3 Å². The quantitative estimate of drug-likeness (QED) is 0.371. The zero-order valence-electron chi connectivity index (χ0n) is 18.3. The minimum Gasteiger partial charge on any atom is -0.503 e. The summed E-state index contributed by atoms with van der Waals surface area (Å²) in [5, 5.41) is 11.5. The molecular formula is C26H17F2N3O3S. The number of Topliss-reactive ketones (excluding diaryl/α,β-unsaturated/α-hetero) is 1. The maximum atomic E-state index is 14.8. The molecule has 3 heterocycles. The Morgan fingerprint density at radius 1 is 1.06 bits per heavy atom. The first-order chi connectivity index (χ1) is 16.9. The van der Waals surface area contributed by atoms with Crippen LogP contribution < -0.4 is 4.90 Å². The summed E-state index contributed by atoms with van der Waals surface area (Å²) in [6.07, 6.45) is 2.92. The number of halogens is 2. The molecule has 1 aliphatic rings. The SMILES string of the molecule is Cc1nc(-c2ccccc2)sc1C(=O)C1=C(O)C(=O)N(c2ccc(F)cc2F)C1c1ccncc1. The lowest BCUT2D eigenvalue weighted by Gasteiger charge is -2.27. The van der Waals surface area contributed by atoms with E-state index in [0.717, 1.165) is 33.9 Å². The number of rotatable bonds is 5. The number of hydrogen-bond donors (Lipinski definition) is 1. The summed E-state index contributed by atoms with van der Waals surface area (Å²) >= 11 is 1.14. The highest BCUT2D eigenvalue weighted by molar-refractivity contribution is 7.17. The van der Waals surface area contributed by atoms with Crippen LogP contribution in [0.3, 0.4) is 0 Å². The van der Waals surface area contributed by atoms with Gasteiger partial charge in [0, 0.05) is 24.0 Å². The molecule has 0 saturated heterocycles. The van der Waals surface area contributed by atoms with Gasteiger partial charge in [0.1, 0.15) is 16.6 Å². The number of nitrogens with zero attached hydrogens (tertiary/aromatic N) is 3. The van der Waals surface area contributed by atoms with Gasteiger partial charge in [-0.25, -0.2) is 13.8 Å². The number of hydrogen-bond acceptors (Lipinski definition) is 6. The van der Waals surface area contributed by atoms with Gasteiger partial charge in [0.05, 0.1) is 27.9 Å². The van der Waals surface area contributed by atoms with Gasteiger partial charge in [0.2, 0.25) is 5.78 Å². The molecule has 174 valence electrons. The summed E-state index contributed by atoms with van der Waals surface area (Å²) in [7, 11) is 0. The Morgan fingerprint density at radius 2 is 1.77 bits per heavy atom. The van der Waals surface area contributed by atoms with Gasteiger partial charge >= 0.3 is 0 Å². The predicted molar refractivity (Wildman–Crippen MR) is 127 cm³/mol. The zero-order valence-corrected chi connectivity index (χ0v) is 19.1. The Hall–Kier alpha value is -4.24. The molecule has 1 unspecified atom stereocenters. The summed E-state index contributed by atoms with van der Waals surface area (Å²) in [6.45, 7) is 1.67. The van der Waals surface area contributed by atoms with Crippen LogP contribution in [0.5, 0.6) is 0 Å². The number of benzene rings is 2. The molecule has 2 aromatic heterocycles. The summed E-state index contributed by atoms with van der Waals surface area (Å²) in [4.78, 5) is 36.6. The van der Waals surface area contributed by atoms with Gasteiger partial charge in [0.25, 0.3) is 5.91 Å². The number of ketones is 1. The van der Waals surface area contributed by atoms with E-state index in [-0.39, 0.29) is 16.1 Å². The molecule has 4 aromatic rings. The number of aliphatic hydroxyl groups is 1. The number of aromatic nitrogens is 2. The van der Waals surface area contributed by atoms with Crippen LogP contribution in [-0.4, -0.2) is 26.8 Å². The minimum atomic E-state index is -1.15. The van der Waals surface area contributed by atoms with Crippen molar-refractivity contribution >= 4 is 28.7 Å². The van der Waals surface area contributed by atoms with Gasteiger partial charge < -0.3 is 5.11 Å². The van der Waals surface area contributed by atoms with Gasteiger partial charge in [-0.1, -0.05) is 30.3 Å². The molecule has 0 fully saturated rings. The number of aryl methyl sites for hydroxylation is 1. The summed E-state index contributed by atoms with van der Waals surface area (Å²) in [5.41, 5.74) is 1.21. The first-order valence-electron chi connectivity index (χ1n) is 10.6. The smallest absolute Gasteiger partial charge is 0.294 e. The van der Waals surface area contributed by atoms with Gasteiger partial charge in [0.15, 0.2) is 5.76 Å². The molecule has 1 N–H and O–H groups in total. The van der Waals surface area contributed by atoms with Crippen molar-refractivity contribution in [2.24, 2.45) is 0 Å². The molecule has 0 aliphatic carbocycles. The van der Waals surface area contributed by atoms with Gasteiger partial charge in [-0.2, -0.15) is 0 Å². The second-order valence-corrected chi connectivity index (χ2v) is 8.84. The Balaban J connectivity index is 1.64. The summed E-state index contributed by atoms with van der Waals surface area (Å²) in [6, 6.07) is 14.0. The van der Waals surface area contributed by atoms with Crippen LogP contribution in [0.2, 0.25) is 0 Å². The lowest BCUT2D eigenvalue weighted by Crippen LogP contribution is -2.31. The first-order valence-corrected chi connectivity index (χ1v) is 11.4. The van der Waals surface area contributed by atoms with E-state index < -0.39 is 35.1 Å². The number of carbonyl (C=O) groups is 2. The summed E-state index contributed by atoms with van der Waals surface area (Å²) in [5.74, 6) is -4.18. The topological polar surface area (TPSA) is 83.4 Å². The van der Waals surface area contributed by atoms with Crippen molar-refractivity contribution in [2.45, 2.75) is 13.0 Å². The van der Waals surface area contributed by atoms with E-state index in [0.29, 0.717) is 22.3 Å². The number of carbonyl (C=O) groups excluding carboxylic acids is 2. The molecular weight excluding hydrogens is 472 g/mol. The van der Waals surface area contributed by atoms with E-state index in [2.05, 4.69) is 9.97 Å². The number of aliphatic hydroxyl groups excluding tert-OH is 1. The fraction of sp³-hybridized carbons (Fsp3) is 0.0769. The van der Waals surface area contributed by atoms with Crippen molar-refractivity contribution < 1.29 is 23.5 Å². The third kappa shape index (κ3) is 3.89. The fourth-order valence-electron chi connectivity index (χ4n) is 4.06. The van der Waals surface area contributed by atoms with E-state index in [1.54, 1.807) is 19.1 Å². The van der Waals surface area contributed by atoms with E-state index in [1.165, 1.54) is 12.4 Å². The third-order valence-electron chi connectivity index (χ3n) is 5.67. The highest BCUT2D eigenvalue weighted by Crippen LogP contribution is 2.43. The number of amides is 1. The first kappa shape index (κ1) is 22.5. The van der Waals surface area contributed by atoms with Crippen LogP contribution in [-0.2, 0) is 4.79 Å². The highest BCUT2D eigenvalue weighted by Gasteiger charge is 2.46. The Bertz CT molecular complexity index is 1490. The Labute approximate surface area is 202 Å². The lowest BCUT2D eigenvalue weighted by atomic mass is 9.95. The number of anilines is 1. The monoisotopic (exact) mass is 489 g/mol. The van der Waals surface area contributed by atoms with Crippen LogP contribution in [0, 0.1) is 18.6 Å². The summed E-state index contributed by atoms with van der Waals surface area (Å²) < 4.78 is 28.3. The van der Waals surface area contributed by atoms with E-state index >= 15 is 0 Å².